The molecule has 0 aliphatic rings. The van der Waals surface area contributed by atoms with Crippen LogP contribution in [0.1, 0.15) is 22.8 Å². The van der Waals surface area contributed by atoms with Crippen LogP contribution in [0.15, 0.2) is 42.5 Å². The first-order valence-electron chi connectivity index (χ1n) is 5.27. The molecule has 0 saturated carbocycles. The second kappa shape index (κ2) is 5.09. The molecule has 0 aliphatic carbocycles. The lowest BCUT2D eigenvalue weighted by Crippen LogP contribution is -1.99. The summed E-state index contributed by atoms with van der Waals surface area (Å²) in [6.07, 6.45) is -0.676. The summed E-state index contributed by atoms with van der Waals surface area (Å²) in [4.78, 5) is 0. The summed E-state index contributed by atoms with van der Waals surface area (Å²) in [7, 11) is 0. The van der Waals surface area contributed by atoms with Crippen LogP contribution in [-0.2, 0) is 0 Å². The zero-order valence-corrected chi connectivity index (χ0v) is 10.8. The molecule has 0 fully saturated rings. The van der Waals surface area contributed by atoms with Crippen LogP contribution in [0.25, 0.3) is 0 Å². The molecule has 17 heavy (non-hydrogen) atoms. The Morgan fingerprint density at radius 2 is 1.65 bits per heavy atom. The molecule has 88 valence electrons. The average molecular weight is 267 g/mol. The maximum atomic E-state index is 10.2. The average Bonchev–Trinajstić information content (AvgIpc) is 2.32. The molecule has 0 aliphatic heterocycles. The molecule has 3 heteroatoms. The highest BCUT2D eigenvalue weighted by Gasteiger charge is 2.11. The Labute approximate surface area is 111 Å². The SMILES string of the molecule is Cc1cccc(C(O)c2ccc(Cl)c(Cl)c2)c1. The van der Waals surface area contributed by atoms with Crippen LogP contribution in [0.3, 0.4) is 0 Å². The highest BCUT2D eigenvalue weighted by molar-refractivity contribution is 6.42. The van der Waals surface area contributed by atoms with Gasteiger partial charge in [0.15, 0.2) is 0 Å². The molecule has 1 atom stereocenters. The van der Waals surface area contributed by atoms with Crippen molar-refractivity contribution in [3.05, 3.63) is 69.2 Å². The van der Waals surface area contributed by atoms with Crippen molar-refractivity contribution >= 4 is 23.2 Å². The van der Waals surface area contributed by atoms with Crippen LogP contribution >= 0.6 is 23.2 Å². The van der Waals surface area contributed by atoms with Crippen molar-refractivity contribution in [3.8, 4) is 0 Å². The fraction of sp³-hybridized carbons (Fsp3) is 0.143. The molecule has 1 unspecified atom stereocenters. The minimum atomic E-state index is -0.676. The smallest absolute Gasteiger partial charge is 0.104 e. The molecule has 0 amide bonds. The van der Waals surface area contributed by atoms with Crippen LogP contribution in [0.2, 0.25) is 10.0 Å². The summed E-state index contributed by atoms with van der Waals surface area (Å²) in [5.41, 5.74) is 2.70. The second-order valence-electron chi connectivity index (χ2n) is 3.99. The van der Waals surface area contributed by atoms with Crippen molar-refractivity contribution in [1.29, 1.82) is 0 Å². The van der Waals surface area contributed by atoms with Gasteiger partial charge in [0.05, 0.1) is 10.0 Å². The van der Waals surface area contributed by atoms with Crippen molar-refractivity contribution in [2.24, 2.45) is 0 Å². The number of aryl methyl sites for hydroxylation is 1. The summed E-state index contributed by atoms with van der Waals surface area (Å²) >= 11 is 11.8. The fourth-order valence-corrected chi connectivity index (χ4v) is 2.02. The molecule has 2 aromatic rings. The Hall–Kier alpha value is -1.02. The van der Waals surface area contributed by atoms with Crippen LogP contribution in [0, 0.1) is 6.92 Å². The molecule has 1 N–H and O–H groups in total. The molecular weight excluding hydrogens is 255 g/mol. The van der Waals surface area contributed by atoms with Crippen molar-refractivity contribution < 1.29 is 5.11 Å². The standard InChI is InChI=1S/C14H12Cl2O/c1-9-3-2-4-10(7-9)14(17)11-5-6-12(15)13(16)8-11/h2-8,14,17H,1H3. The van der Waals surface area contributed by atoms with E-state index in [1.165, 1.54) is 0 Å². The van der Waals surface area contributed by atoms with E-state index in [4.69, 9.17) is 23.2 Å². The van der Waals surface area contributed by atoms with Gasteiger partial charge in [0, 0.05) is 0 Å². The highest BCUT2D eigenvalue weighted by Crippen LogP contribution is 2.28. The summed E-state index contributed by atoms with van der Waals surface area (Å²) < 4.78 is 0. The maximum absolute atomic E-state index is 10.2. The Morgan fingerprint density at radius 3 is 2.29 bits per heavy atom. The molecule has 0 aromatic heterocycles. The van der Waals surface area contributed by atoms with Crippen LogP contribution < -0.4 is 0 Å². The first-order chi connectivity index (χ1) is 8.08. The van der Waals surface area contributed by atoms with Gasteiger partial charge in [-0.1, -0.05) is 59.1 Å². The molecule has 0 bridgehead atoms. The summed E-state index contributed by atoms with van der Waals surface area (Å²) in [5.74, 6) is 0. The molecule has 0 saturated heterocycles. The van der Waals surface area contributed by atoms with Crippen molar-refractivity contribution in [1.82, 2.24) is 0 Å². The zero-order valence-electron chi connectivity index (χ0n) is 9.32. The number of halogens is 2. The molecule has 2 rings (SSSR count). The van der Waals surface area contributed by atoms with Gasteiger partial charge >= 0.3 is 0 Å². The van der Waals surface area contributed by atoms with E-state index in [0.717, 1.165) is 16.7 Å². The van der Waals surface area contributed by atoms with E-state index < -0.39 is 6.10 Å². The minimum absolute atomic E-state index is 0.455. The summed E-state index contributed by atoms with van der Waals surface area (Å²) in [5, 5.41) is 11.2. The largest absolute Gasteiger partial charge is 0.384 e. The summed E-state index contributed by atoms with van der Waals surface area (Å²) in [6, 6.07) is 12.9. The van der Waals surface area contributed by atoms with Gasteiger partial charge in [-0.3, -0.25) is 0 Å². The molecule has 0 radical (unpaired) electrons. The molecule has 0 spiro atoms. The van der Waals surface area contributed by atoms with E-state index in [-0.39, 0.29) is 0 Å². The first kappa shape index (κ1) is 12.4. The van der Waals surface area contributed by atoms with Crippen molar-refractivity contribution in [2.45, 2.75) is 13.0 Å². The van der Waals surface area contributed by atoms with E-state index in [0.29, 0.717) is 10.0 Å². The van der Waals surface area contributed by atoms with Crippen molar-refractivity contribution in [2.75, 3.05) is 0 Å². The van der Waals surface area contributed by atoms with Gasteiger partial charge in [-0.25, -0.2) is 0 Å². The number of aliphatic hydroxyl groups excluding tert-OH is 1. The topological polar surface area (TPSA) is 20.2 Å². The number of hydrogen-bond donors (Lipinski definition) is 1. The molecule has 2 aromatic carbocycles. The predicted octanol–water partition coefficient (Wildman–Crippen LogP) is 4.38. The quantitative estimate of drug-likeness (QED) is 0.855. The lowest BCUT2D eigenvalue weighted by atomic mass is 10.0. The lowest BCUT2D eigenvalue weighted by molar-refractivity contribution is 0.220. The van der Waals surface area contributed by atoms with Crippen molar-refractivity contribution in [3.63, 3.8) is 0 Å². The van der Waals surface area contributed by atoms with E-state index in [2.05, 4.69) is 0 Å². The number of benzene rings is 2. The van der Waals surface area contributed by atoms with Gasteiger partial charge < -0.3 is 5.11 Å². The first-order valence-corrected chi connectivity index (χ1v) is 6.03. The van der Waals surface area contributed by atoms with Gasteiger partial charge in [0.1, 0.15) is 6.10 Å². The van der Waals surface area contributed by atoms with Gasteiger partial charge in [0.2, 0.25) is 0 Å². The Morgan fingerprint density at radius 1 is 0.941 bits per heavy atom. The Kier molecular flexibility index (Phi) is 3.72. The third-order valence-corrected chi connectivity index (χ3v) is 3.36. The van der Waals surface area contributed by atoms with E-state index >= 15 is 0 Å². The predicted molar refractivity (Wildman–Crippen MR) is 71.7 cm³/mol. The van der Waals surface area contributed by atoms with Gasteiger partial charge in [-0.05, 0) is 30.2 Å². The van der Waals surface area contributed by atoms with E-state index in [9.17, 15) is 5.11 Å². The number of aliphatic hydroxyl groups is 1. The Bertz CT molecular complexity index is 537. The van der Waals surface area contributed by atoms with Crippen LogP contribution in [0.4, 0.5) is 0 Å². The summed E-state index contributed by atoms with van der Waals surface area (Å²) in [6.45, 7) is 1.99. The van der Waals surface area contributed by atoms with Crippen LogP contribution in [0.5, 0.6) is 0 Å². The van der Waals surface area contributed by atoms with E-state index in [1.807, 2.05) is 31.2 Å². The highest BCUT2D eigenvalue weighted by atomic mass is 35.5. The van der Waals surface area contributed by atoms with Gasteiger partial charge in [0.25, 0.3) is 0 Å². The maximum Gasteiger partial charge on any atom is 0.104 e. The molecule has 1 nitrogen and oxygen atoms in total. The third kappa shape index (κ3) is 2.81. The van der Waals surface area contributed by atoms with E-state index in [1.54, 1.807) is 18.2 Å². The number of rotatable bonds is 2. The zero-order chi connectivity index (χ0) is 12.4. The molecule has 0 heterocycles. The normalized spacial score (nSPS) is 12.5. The van der Waals surface area contributed by atoms with Crippen LogP contribution in [-0.4, -0.2) is 5.11 Å². The fourth-order valence-electron chi connectivity index (χ4n) is 1.72. The Balaban J connectivity index is 2.36. The van der Waals surface area contributed by atoms with Gasteiger partial charge in [-0.2, -0.15) is 0 Å². The second-order valence-corrected chi connectivity index (χ2v) is 4.80. The number of hydrogen-bond acceptors (Lipinski definition) is 1. The monoisotopic (exact) mass is 266 g/mol. The molecular formula is C14H12Cl2O. The lowest BCUT2D eigenvalue weighted by Gasteiger charge is -2.12. The third-order valence-electron chi connectivity index (χ3n) is 2.62. The van der Waals surface area contributed by atoms with Gasteiger partial charge in [-0.15, -0.1) is 0 Å². The minimum Gasteiger partial charge on any atom is -0.384 e.